The molecule has 150 valence electrons. The average Bonchev–Trinajstić information content (AvgIpc) is 2.90. The number of alkyl halides is 3. The molecule has 2 N–H and O–H groups in total. The number of amidine groups is 1. The maximum absolute atomic E-state index is 12.8. The predicted octanol–water partition coefficient (Wildman–Crippen LogP) is 2.42. The normalized spacial score (nSPS) is 19.6. The summed E-state index contributed by atoms with van der Waals surface area (Å²) in [7, 11) is -3.23. The van der Waals surface area contributed by atoms with Gasteiger partial charge in [0, 0.05) is 0 Å². The lowest BCUT2D eigenvalue weighted by molar-refractivity contribution is -0.137. The molecule has 12 heteroatoms. The Morgan fingerprint density at radius 1 is 1.41 bits per heavy atom. The van der Waals surface area contributed by atoms with Gasteiger partial charge in [0.25, 0.3) is 0 Å². The summed E-state index contributed by atoms with van der Waals surface area (Å²) in [5.74, 6) is -1.50. The van der Waals surface area contributed by atoms with Crippen molar-refractivity contribution in [1.29, 1.82) is 0 Å². The first-order chi connectivity index (χ1) is 12.5. The molecule has 7 nitrogen and oxygen atoms in total. The van der Waals surface area contributed by atoms with Crippen molar-refractivity contribution in [3.63, 3.8) is 0 Å². The molecule has 0 unspecified atom stereocenters. The molecule has 0 amide bonds. The van der Waals surface area contributed by atoms with Gasteiger partial charge in [-0.05, 0) is 31.5 Å². The molecule has 27 heavy (non-hydrogen) atoms. The van der Waals surface area contributed by atoms with Crippen LogP contribution in [-0.4, -0.2) is 44.4 Å². The maximum Gasteiger partial charge on any atom is 0.416 e. The number of esters is 1. The summed E-state index contributed by atoms with van der Waals surface area (Å²) in [6.07, 6.45) is -4.34. The fraction of sp³-hybridized carbons (Fsp3) is 0.467. The Hall–Kier alpha value is -2.01. The molecule has 1 aromatic rings. The Morgan fingerprint density at radius 2 is 2.11 bits per heavy atom. The van der Waals surface area contributed by atoms with Crippen LogP contribution in [0.5, 0.6) is 0 Å². The number of sulfone groups is 1. The molecule has 0 aliphatic carbocycles. The first kappa shape index (κ1) is 21.3. The second kappa shape index (κ2) is 8.34. The number of anilines is 1. The Morgan fingerprint density at radius 3 is 2.67 bits per heavy atom. The van der Waals surface area contributed by atoms with E-state index in [1.165, 1.54) is 0 Å². The van der Waals surface area contributed by atoms with Crippen molar-refractivity contribution >= 4 is 38.9 Å². The highest BCUT2D eigenvalue weighted by Gasteiger charge is 2.31. The minimum absolute atomic E-state index is 0.0258. The molecule has 0 radical (unpaired) electrons. The monoisotopic (exact) mass is 427 g/mol. The van der Waals surface area contributed by atoms with Gasteiger partial charge < -0.3 is 4.74 Å². The number of halogens is 4. The number of carbonyl (C=O) groups is 1. The number of nitrogens with zero attached hydrogens (tertiary/aromatic N) is 1. The van der Waals surface area contributed by atoms with Gasteiger partial charge in [0.2, 0.25) is 5.84 Å². The molecular weight excluding hydrogens is 411 g/mol. The number of nitrogens with one attached hydrogen (secondary N) is 2. The van der Waals surface area contributed by atoms with E-state index in [0.29, 0.717) is 0 Å². The smallest absolute Gasteiger partial charge is 0.416 e. The van der Waals surface area contributed by atoms with Crippen LogP contribution in [0.3, 0.4) is 0 Å². The highest BCUT2D eigenvalue weighted by atomic mass is 35.5. The Bertz CT molecular complexity index is 843. The van der Waals surface area contributed by atoms with Gasteiger partial charge in [-0.1, -0.05) is 11.6 Å². The fourth-order valence-electron chi connectivity index (χ4n) is 2.32. The number of hydrogen-bond acceptors (Lipinski definition) is 6. The van der Waals surface area contributed by atoms with Gasteiger partial charge >= 0.3 is 12.1 Å². The van der Waals surface area contributed by atoms with Crippen LogP contribution >= 0.6 is 11.6 Å². The van der Waals surface area contributed by atoms with Crippen molar-refractivity contribution in [3.8, 4) is 0 Å². The Balaban J connectivity index is 2.20. The Kier molecular flexibility index (Phi) is 6.58. The number of hydrogen-bond donors (Lipinski definition) is 2. The standard InChI is InChI=1S/C15H17ClF3N3O4S/c1-2-26-14(23)13(20-10-5-6-27(24,25)8-10)22-21-12-7-9(15(17,18)19)3-4-11(12)16/h3-4,7,10,21H,2,5-6,8H2,1H3,(H,20,22)/t10-/m1/s1. The van der Waals surface area contributed by atoms with Crippen LogP contribution in [0, 0.1) is 0 Å². The molecule has 1 aliphatic rings. The van der Waals surface area contributed by atoms with Gasteiger partial charge in [-0.25, -0.2) is 13.2 Å². The third-order valence-corrected chi connectivity index (χ3v) is 5.68. The number of benzene rings is 1. The summed E-state index contributed by atoms with van der Waals surface area (Å²) in [6.45, 7) is 1.60. The van der Waals surface area contributed by atoms with Crippen LogP contribution in [0.15, 0.2) is 23.2 Å². The minimum Gasteiger partial charge on any atom is -0.460 e. The first-order valence-corrected chi connectivity index (χ1v) is 10.1. The zero-order chi connectivity index (χ0) is 20.2. The summed E-state index contributed by atoms with van der Waals surface area (Å²) in [5.41, 5.74) is 3.70. The number of carbonyl (C=O) groups excluding carboxylic acids is 1. The molecule has 1 fully saturated rings. The highest BCUT2D eigenvalue weighted by Crippen LogP contribution is 2.33. The van der Waals surface area contributed by atoms with E-state index in [1.54, 1.807) is 6.92 Å². The first-order valence-electron chi connectivity index (χ1n) is 7.86. The third kappa shape index (κ3) is 5.99. The van der Waals surface area contributed by atoms with Gasteiger partial charge in [0.05, 0.1) is 40.4 Å². The van der Waals surface area contributed by atoms with Crippen LogP contribution in [-0.2, 0) is 25.5 Å². The third-order valence-electron chi connectivity index (χ3n) is 3.60. The summed E-state index contributed by atoms with van der Waals surface area (Å²) in [6, 6.07) is 1.98. The topological polar surface area (TPSA) is 96.9 Å². The molecule has 2 rings (SSSR count). The zero-order valence-electron chi connectivity index (χ0n) is 14.1. The fourth-order valence-corrected chi connectivity index (χ4v) is 4.11. The SMILES string of the molecule is CCOC(=O)C(=N[C@@H]1CCS(=O)(=O)C1)NNc1cc(C(F)(F)F)ccc1Cl. The summed E-state index contributed by atoms with van der Waals surface area (Å²) < 4.78 is 66.4. The maximum atomic E-state index is 12.8. The number of ether oxygens (including phenoxy) is 1. The number of hydrazine groups is 1. The lowest BCUT2D eigenvalue weighted by atomic mass is 10.2. The van der Waals surface area contributed by atoms with E-state index in [0.717, 1.165) is 18.2 Å². The van der Waals surface area contributed by atoms with E-state index >= 15 is 0 Å². The lowest BCUT2D eigenvalue weighted by Crippen LogP contribution is -2.38. The van der Waals surface area contributed by atoms with Crippen LogP contribution < -0.4 is 10.9 Å². The molecule has 0 spiro atoms. The molecule has 1 atom stereocenters. The van der Waals surface area contributed by atoms with Gasteiger partial charge in [-0.15, -0.1) is 0 Å². The Labute approximate surface area is 158 Å². The molecular formula is C15H17ClF3N3O4S. The molecule has 0 saturated carbocycles. The van der Waals surface area contributed by atoms with Gasteiger partial charge in [0.1, 0.15) is 0 Å². The number of aliphatic imine (C=N–C) groups is 1. The average molecular weight is 428 g/mol. The summed E-state index contributed by atoms with van der Waals surface area (Å²) in [5, 5.41) is -0.0258. The van der Waals surface area contributed by atoms with Crippen molar-refractivity contribution in [2.24, 2.45) is 4.99 Å². The molecule has 1 aliphatic heterocycles. The van der Waals surface area contributed by atoms with Crippen molar-refractivity contribution in [2.75, 3.05) is 23.5 Å². The number of rotatable bonds is 4. The lowest BCUT2D eigenvalue weighted by Gasteiger charge is -2.15. The van der Waals surface area contributed by atoms with Crippen molar-refractivity contribution < 1.29 is 31.1 Å². The van der Waals surface area contributed by atoms with E-state index in [4.69, 9.17) is 16.3 Å². The minimum atomic E-state index is -4.57. The van der Waals surface area contributed by atoms with Gasteiger partial charge in [-0.3, -0.25) is 15.8 Å². The van der Waals surface area contributed by atoms with Crippen LogP contribution in [0.2, 0.25) is 5.02 Å². The second-order valence-electron chi connectivity index (χ2n) is 5.70. The predicted molar refractivity (Wildman–Crippen MR) is 94.3 cm³/mol. The van der Waals surface area contributed by atoms with Crippen LogP contribution in [0.4, 0.5) is 18.9 Å². The summed E-state index contributed by atoms with van der Waals surface area (Å²) >= 11 is 5.87. The summed E-state index contributed by atoms with van der Waals surface area (Å²) in [4.78, 5) is 16.0. The molecule has 0 aromatic heterocycles. The van der Waals surface area contributed by atoms with Gasteiger partial charge in [0.15, 0.2) is 9.84 Å². The zero-order valence-corrected chi connectivity index (χ0v) is 15.7. The van der Waals surface area contributed by atoms with Crippen LogP contribution in [0.25, 0.3) is 0 Å². The second-order valence-corrected chi connectivity index (χ2v) is 8.33. The van der Waals surface area contributed by atoms with Crippen molar-refractivity contribution in [2.45, 2.75) is 25.6 Å². The van der Waals surface area contributed by atoms with E-state index in [9.17, 15) is 26.4 Å². The van der Waals surface area contributed by atoms with E-state index in [1.807, 2.05) is 0 Å². The molecule has 1 heterocycles. The van der Waals surface area contributed by atoms with E-state index < -0.39 is 33.6 Å². The molecule has 0 bridgehead atoms. The quantitative estimate of drug-likeness (QED) is 0.331. The molecule has 1 aromatic carbocycles. The highest BCUT2D eigenvalue weighted by molar-refractivity contribution is 7.91. The van der Waals surface area contributed by atoms with E-state index in [-0.39, 0.29) is 41.1 Å². The van der Waals surface area contributed by atoms with E-state index in [2.05, 4.69) is 15.8 Å². The van der Waals surface area contributed by atoms with Crippen LogP contribution in [0.1, 0.15) is 18.9 Å². The van der Waals surface area contributed by atoms with Crippen molar-refractivity contribution in [1.82, 2.24) is 5.43 Å². The van der Waals surface area contributed by atoms with Gasteiger partial charge in [-0.2, -0.15) is 13.2 Å². The molecule has 1 saturated heterocycles. The largest absolute Gasteiger partial charge is 0.460 e. The van der Waals surface area contributed by atoms with Crippen molar-refractivity contribution in [3.05, 3.63) is 28.8 Å².